The molecule has 3 atom stereocenters. The molecule has 1 aromatic carbocycles. The maximum atomic E-state index is 12.5. The lowest BCUT2D eigenvalue weighted by molar-refractivity contribution is -0.924. The maximum absolute atomic E-state index is 12.5. The van der Waals surface area contributed by atoms with Gasteiger partial charge in [-0.25, -0.2) is 0 Å². The highest BCUT2D eigenvalue weighted by Gasteiger charge is 2.49. The first kappa shape index (κ1) is 18.7. The third kappa shape index (κ3) is 3.10. The second kappa shape index (κ2) is 6.91. The van der Waals surface area contributed by atoms with Crippen LogP contribution in [0, 0.1) is 5.92 Å². The van der Waals surface area contributed by atoms with Crippen molar-refractivity contribution in [3.63, 3.8) is 0 Å². The van der Waals surface area contributed by atoms with Crippen molar-refractivity contribution in [1.82, 2.24) is 4.98 Å². The molecule has 1 fully saturated rings. The Morgan fingerprint density at radius 2 is 2.16 bits per heavy atom. The molecule has 4 nitrogen and oxygen atoms in total. The lowest BCUT2D eigenvalue weighted by Gasteiger charge is -2.50. The molecule has 0 spiro atoms. The number of aromatic nitrogens is 1. The van der Waals surface area contributed by atoms with Gasteiger partial charge in [0.15, 0.2) is 0 Å². The number of quaternary nitrogens is 1. The van der Waals surface area contributed by atoms with Crippen LogP contribution in [0.1, 0.15) is 36.8 Å². The van der Waals surface area contributed by atoms with Gasteiger partial charge in [-0.3, -0.25) is 4.79 Å². The van der Waals surface area contributed by atoms with Gasteiger partial charge in [0.25, 0.3) is 0 Å². The average molecular weight is 454 g/mol. The third-order valence-electron chi connectivity index (χ3n) is 6.02. The molecule has 0 bridgehead atoms. The lowest BCUT2D eigenvalue weighted by Crippen LogP contribution is -3.00. The quantitative estimate of drug-likeness (QED) is 0.410. The van der Waals surface area contributed by atoms with E-state index in [1.54, 1.807) is 0 Å². The first-order valence-electron chi connectivity index (χ1n) is 9.09. The fourth-order valence-corrected chi connectivity index (χ4v) is 4.92. The van der Waals surface area contributed by atoms with Crippen LogP contribution in [0.2, 0.25) is 0 Å². The van der Waals surface area contributed by atoms with Crippen LogP contribution in [0.3, 0.4) is 0 Å². The second-order valence-electron chi connectivity index (χ2n) is 8.02. The molecular weight excluding hydrogens is 427 g/mol. The molecule has 1 aromatic heterocycles. The summed E-state index contributed by atoms with van der Waals surface area (Å²) >= 11 is 0. The van der Waals surface area contributed by atoms with Gasteiger partial charge in [-0.1, -0.05) is 19.1 Å². The summed E-state index contributed by atoms with van der Waals surface area (Å²) in [5.74, 6) is 0.428. The first-order valence-corrected chi connectivity index (χ1v) is 9.09. The first-order chi connectivity index (χ1) is 11.5. The summed E-state index contributed by atoms with van der Waals surface area (Å²) in [6.07, 6.45) is 5.06. The van der Waals surface area contributed by atoms with Crippen molar-refractivity contribution in [2.45, 2.75) is 38.1 Å². The molecule has 1 N–H and O–H groups in total. The number of esters is 1. The van der Waals surface area contributed by atoms with E-state index in [-0.39, 0.29) is 35.9 Å². The van der Waals surface area contributed by atoms with E-state index in [9.17, 15) is 4.79 Å². The van der Waals surface area contributed by atoms with E-state index < -0.39 is 0 Å². The summed E-state index contributed by atoms with van der Waals surface area (Å²) in [5, 5.41) is 1.39. The number of benzene rings is 1. The van der Waals surface area contributed by atoms with Crippen molar-refractivity contribution < 1.29 is 38.0 Å². The number of halogens is 1. The van der Waals surface area contributed by atoms with E-state index in [0.717, 1.165) is 30.3 Å². The normalized spacial score (nSPS) is 26.6. The molecule has 25 heavy (non-hydrogen) atoms. The van der Waals surface area contributed by atoms with Crippen LogP contribution in [-0.4, -0.2) is 48.7 Å². The predicted molar refractivity (Wildman–Crippen MR) is 94.9 cm³/mol. The highest BCUT2D eigenvalue weighted by Crippen LogP contribution is 2.46. The molecule has 2 aliphatic rings. The number of aromatic amines is 1. The number of nitrogens with one attached hydrogen (secondary N) is 1. The Kier molecular flexibility index (Phi) is 5.17. The molecule has 1 aliphatic heterocycles. The number of nitrogens with zero attached hydrogens (tertiary/aromatic N) is 1. The number of H-pyrrole nitrogens is 1. The van der Waals surface area contributed by atoms with Gasteiger partial charge in [0.05, 0.1) is 33.3 Å². The molecule has 1 aliphatic carbocycles. The smallest absolute Gasteiger partial charge is 0.314 e. The number of carbonyl (C=O) groups excluding carboxylic acids is 1. The zero-order valence-corrected chi connectivity index (χ0v) is 17.4. The largest absolute Gasteiger partial charge is 1.00 e. The van der Waals surface area contributed by atoms with Crippen LogP contribution < -0.4 is 24.0 Å². The Labute approximate surface area is 166 Å². The number of piperidine rings is 1. The molecule has 1 saturated heterocycles. The minimum atomic E-state index is -0.00598. The van der Waals surface area contributed by atoms with Crippen LogP contribution in [-0.2, 0) is 16.0 Å². The topological polar surface area (TPSA) is 42.1 Å². The van der Waals surface area contributed by atoms with E-state index >= 15 is 0 Å². The number of likely N-dealkylation sites (tertiary alicyclic amines) is 1. The van der Waals surface area contributed by atoms with E-state index in [0.29, 0.717) is 18.6 Å². The van der Waals surface area contributed by atoms with Gasteiger partial charge >= 0.3 is 5.97 Å². The van der Waals surface area contributed by atoms with Gasteiger partial charge in [0.2, 0.25) is 0 Å². The molecule has 4 rings (SSSR count). The Balaban J connectivity index is 0.00000182. The molecule has 0 saturated carbocycles. The van der Waals surface area contributed by atoms with Crippen molar-refractivity contribution >= 4 is 16.9 Å². The van der Waals surface area contributed by atoms with E-state index in [1.807, 2.05) is 6.92 Å². The van der Waals surface area contributed by atoms with E-state index in [1.165, 1.54) is 22.0 Å². The monoisotopic (exact) mass is 454 g/mol. The van der Waals surface area contributed by atoms with Crippen molar-refractivity contribution in [2.24, 2.45) is 5.92 Å². The standard InChI is InChI=1S/C20H27N2O2.HI/c1-4-8-24-20(23)14-9-16-15-6-5-7-17-19(15)13(11-21-17)10-18(16)22(2,3)12-14;/h5-7,11,14,16,18,21H,4,8-10,12H2,1-3H3;1H/q+1;/p-1/t14-,16-,18-;/m1./s1. The van der Waals surface area contributed by atoms with E-state index in [4.69, 9.17) is 4.74 Å². The minimum absolute atomic E-state index is 0. The molecular formula is C20H27IN2O2. The summed E-state index contributed by atoms with van der Waals surface area (Å²) < 4.78 is 6.36. The number of rotatable bonds is 3. The maximum Gasteiger partial charge on any atom is 0.314 e. The third-order valence-corrected chi connectivity index (χ3v) is 6.02. The molecule has 2 heterocycles. The highest BCUT2D eigenvalue weighted by molar-refractivity contribution is 5.88. The van der Waals surface area contributed by atoms with Crippen LogP contribution in [0.5, 0.6) is 0 Å². The SMILES string of the molecule is CCCOC(=O)[C@@H]1C[C@@H]2c3cccc4[nH]cc(c34)C[C@H]2[N+](C)(C)C1.[I-]. The summed E-state index contributed by atoms with van der Waals surface area (Å²) in [6, 6.07) is 7.09. The minimum Gasteiger partial charge on any atom is -1.00 e. The summed E-state index contributed by atoms with van der Waals surface area (Å²) in [7, 11) is 4.55. The molecule has 5 heteroatoms. The number of fused-ring (bicyclic) bond motifs is 2. The van der Waals surface area contributed by atoms with Crippen LogP contribution >= 0.6 is 0 Å². The van der Waals surface area contributed by atoms with Gasteiger partial charge in [-0.2, -0.15) is 0 Å². The van der Waals surface area contributed by atoms with Crippen LogP contribution in [0.4, 0.5) is 0 Å². The van der Waals surface area contributed by atoms with Gasteiger partial charge in [-0.15, -0.1) is 0 Å². The second-order valence-corrected chi connectivity index (χ2v) is 8.02. The fourth-order valence-electron chi connectivity index (χ4n) is 4.92. The summed E-state index contributed by atoms with van der Waals surface area (Å²) in [6.45, 7) is 3.45. The highest BCUT2D eigenvalue weighted by atomic mass is 127. The Hall–Kier alpha value is -1.08. The van der Waals surface area contributed by atoms with Crippen molar-refractivity contribution in [3.8, 4) is 0 Å². The zero-order chi connectivity index (χ0) is 16.9. The van der Waals surface area contributed by atoms with Crippen molar-refractivity contribution in [2.75, 3.05) is 27.2 Å². The molecule has 0 unspecified atom stereocenters. The fraction of sp³-hybridized carbons (Fsp3) is 0.550. The Morgan fingerprint density at radius 1 is 1.36 bits per heavy atom. The zero-order valence-electron chi connectivity index (χ0n) is 15.2. The van der Waals surface area contributed by atoms with Crippen molar-refractivity contribution in [3.05, 3.63) is 35.5 Å². The van der Waals surface area contributed by atoms with Gasteiger partial charge in [-0.05, 0) is 30.0 Å². The molecule has 0 radical (unpaired) electrons. The predicted octanol–water partition coefficient (Wildman–Crippen LogP) is 0.230. The molecule has 0 amide bonds. The molecule has 136 valence electrons. The van der Waals surface area contributed by atoms with Crippen LogP contribution in [0.25, 0.3) is 10.9 Å². The van der Waals surface area contributed by atoms with Gasteiger partial charge < -0.3 is 38.2 Å². The number of likely N-dealkylation sites (N-methyl/N-ethyl adjacent to an activating group) is 1. The summed E-state index contributed by atoms with van der Waals surface area (Å²) in [5.41, 5.74) is 4.07. The molecule has 2 aromatic rings. The van der Waals surface area contributed by atoms with Gasteiger partial charge in [0.1, 0.15) is 5.92 Å². The number of hydrogen-bond acceptors (Lipinski definition) is 2. The lowest BCUT2D eigenvalue weighted by atomic mass is 9.71. The van der Waals surface area contributed by atoms with E-state index in [2.05, 4.69) is 43.5 Å². The van der Waals surface area contributed by atoms with Crippen LogP contribution in [0.15, 0.2) is 24.4 Å². The Bertz CT molecular complexity index is 783. The number of ether oxygens (including phenoxy) is 1. The number of hydrogen-bond donors (Lipinski definition) is 1. The number of carbonyl (C=O) groups is 1. The Morgan fingerprint density at radius 3 is 2.92 bits per heavy atom. The van der Waals surface area contributed by atoms with Gasteiger partial charge in [0, 0.05) is 29.4 Å². The van der Waals surface area contributed by atoms with Crippen molar-refractivity contribution in [1.29, 1.82) is 0 Å². The summed E-state index contributed by atoms with van der Waals surface area (Å²) in [4.78, 5) is 15.9. The average Bonchev–Trinajstić information content (AvgIpc) is 2.98.